The third kappa shape index (κ3) is 3.47. The van der Waals surface area contributed by atoms with Crippen molar-refractivity contribution in [3.8, 4) is 5.69 Å². The summed E-state index contributed by atoms with van der Waals surface area (Å²) in [5.74, 6) is -1.53. The lowest BCUT2D eigenvalue weighted by molar-refractivity contribution is -0.384. The second kappa shape index (κ2) is 7.47. The maximum Gasteiger partial charge on any atom is 0.335 e. The molecule has 0 atom stereocenters. The van der Waals surface area contributed by atoms with Gasteiger partial charge in [-0.05, 0) is 35.9 Å². The number of anilines is 1. The molecule has 2 aromatic carbocycles. The number of rotatable bonds is 4. The van der Waals surface area contributed by atoms with Gasteiger partial charge in [-0.3, -0.25) is 25.0 Å². The Morgan fingerprint density at radius 3 is 2.40 bits per heavy atom. The van der Waals surface area contributed by atoms with Gasteiger partial charge in [-0.2, -0.15) is 0 Å². The molecule has 0 radical (unpaired) electrons. The van der Waals surface area contributed by atoms with Crippen molar-refractivity contribution in [2.45, 2.75) is 0 Å². The van der Waals surface area contributed by atoms with Crippen molar-refractivity contribution < 1.29 is 19.3 Å². The summed E-state index contributed by atoms with van der Waals surface area (Å²) in [5.41, 5.74) is 1.15. The van der Waals surface area contributed by atoms with Gasteiger partial charge in [0.1, 0.15) is 5.57 Å². The summed E-state index contributed by atoms with van der Waals surface area (Å²) in [7, 11) is 0. The number of non-ortho nitro benzene ring substituents is 1. The zero-order chi connectivity index (χ0) is 21.3. The number of hydrogen-bond donors (Lipinski definition) is 1. The Hall–Kier alpha value is -4.53. The molecule has 1 fully saturated rings. The molecule has 4 amide bonds. The van der Waals surface area contributed by atoms with Gasteiger partial charge in [-0.25, -0.2) is 9.69 Å². The van der Waals surface area contributed by atoms with E-state index in [-0.39, 0.29) is 11.3 Å². The molecule has 1 N–H and O–H groups in total. The first kappa shape index (κ1) is 18.8. The summed E-state index contributed by atoms with van der Waals surface area (Å²) >= 11 is 0. The second-order valence-electron chi connectivity index (χ2n) is 6.42. The lowest BCUT2D eigenvalue weighted by atomic mass is 10.1. The third-order valence-electron chi connectivity index (χ3n) is 4.48. The number of carbonyl (C=O) groups is 3. The van der Waals surface area contributed by atoms with Gasteiger partial charge in [0.15, 0.2) is 0 Å². The molecule has 0 spiro atoms. The molecule has 3 aromatic rings. The number of aromatic nitrogens is 1. The van der Waals surface area contributed by atoms with Crippen LogP contribution in [0.15, 0.2) is 78.6 Å². The van der Waals surface area contributed by atoms with Crippen LogP contribution in [0.1, 0.15) is 5.56 Å². The molecule has 9 heteroatoms. The van der Waals surface area contributed by atoms with E-state index >= 15 is 0 Å². The predicted octanol–water partition coefficient (Wildman–Crippen LogP) is 3.05. The number of benzene rings is 2. The molecular formula is C21H14N4O5. The van der Waals surface area contributed by atoms with Crippen molar-refractivity contribution in [2.75, 3.05) is 4.90 Å². The molecular weight excluding hydrogens is 388 g/mol. The summed E-state index contributed by atoms with van der Waals surface area (Å²) in [6.07, 6.45) is 4.64. The van der Waals surface area contributed by atoms with E-state index < -0.39 is 22.8 Å². The molecule has 4 rings (SSSR count). The van der Waals surface area contributed by atoms with Crippen LogP contribution < -0.4 is 10.2 Å². The Morgan fingerprint density at radius 2 is 1.67 bits per heavy atom. The minimum absolute atomic E-state index is 0.0556. The number of nitro benzene ring substituents is 1. The highest BCUT2D eigenvalue weighted by atomic mass is 16.6. The Morgan fingerprint density at radius 1 is 0.933 bits per heavy atom. The van der Waals surface area contributed by atoms with Gasteiger partial charge < -0.3 is 4.57 Å². The molecule has 9 nitrogen and oxygen atoms in total. The first-order chi connectivity index (χ1) is 14.4. The number of nitro groups is 1. The van der Waals surface area contributed by atoms with Crippen molar-refractivity contribution >= 4 is 35.3 Å². The SMILES string of the molecule is O=C1NC(=O)N(c2ccccc2)C(=O)C1=Cc1ccn(-c2cccc([N+](=O)[O-])c2)c1. The quantitative estimate of drug-likeness (QED) is 0.312. The Labute approximate surface area is 170 Å². The summed E-state index contributed by atoms with van der Waals surface area (Å²) in [4.78, 5) is 48.7. The van der Waals surface area contributed by atoms with E-state index in [1.54, 1.807) is 65.5 Å². The lowest BCUT2D eigenvalue weighted by Crippen LogP contribution is -2.54. The minimum Gasteiger partial charge on any atom is -0.323 e. The molecule has 0 unspecified atom stereocenters. The fraction of sp³-hybridized carbons (Fsp3) is 0. The van der Waals surface area contributed by atoms with Gasteiger partial charge in [0.2, 0.25) is 0 Å². The maximum absolute atomic E-state index is 12.8. The zero-order valence-corrected chi connectivity index (χ0v) is 15.4. The van der Waals surface area contributed by atoms with Gasteiger partial charge in [0, 0.05) is 24.5 Å². The third-order valence-corrected chi connectivity index (χ3v) is 4.48. The van der Waals surface area contributed by atoms with Crippen LogP contribution in [-0.4, -0.2) is 27.3 Å². The predicted molar refractivity (Wildman–Crippen MR) is 108 cm³/mol. The highest BCUT2D eigenvalue weighted by Gasteiger charge is 2.36. The Bertz CT molecular complexity index is 1210. The molecule has 30 heavy (non-hydrogen) atoms. The van der Waals surface area contributed by atoms with E-state index in [0.29, 0.717) is 16.9 Å². The van der Waals surface area contributed by atoms with E-state index in [1.165, 1.54) is 18.2 Å². The average molecular weight is 402 g/mol. The van der Waals surface area contributed by atoms with Gasteiger partial charge >= 0.3 is 6.03 Å². The number of imide groups is 2. The van der Waals surface area contributed by atoms with E-state index in [2.05, 4.69) is 5.32 Å². The van der Waals surface area contributed by atoms with Crippen molar-refractivity contribution in [1.29, 1.82) is 0 Å². The van der Waals surface area contributed by atoms with Gasteiger partial charge in [-0.15, -0.1) is 0 Å². The van der Waals surface area contributed by atoms with Crippen LogP contribution in [0.25, 0.3) is 11.8 Å². The van der Waals surface area contributed by atoms with Crippen LogP contribution in [0.3, 0.4) is 0 Å². The van der Waals surface area contributed by atoms with Crippen LogP contribution in [-0.2, 0) is 9.59 Å². The van der Waals surface area contributed by atoms with Gasteiger partial charge in [-0.1, -0.05) is 24.3 Å². The molecule has 2 heterocycles. The smallest absolute Gasteiger partial charge is 0.323 e. The minimum atomic E-state index is -0.817. The molecule has 148 valence electrons. The lowest BCUT2D eigenvalue weighted by Gasteiger charge is -2.26. The average Bonchev–Trinajstić information content (AvgIpc) is 3.21. The molecule has 1 saturated heterocycles. The summed E-state index contributed by atoms with van der Waals surface area (Å²) < 4.78 is 1.63. The molecule has 0 aliphatic carbocycles. The maximum atomic E-state index is 12.8. The zero-order valence-electron chi connectivity index (χ0n) is 15.4. The Kier molecular flexibility index (Phi) is 4.69. The molecule has 1 aliphatic heterocycles. The second-order valence-corrected chi connectivity index (χ2v) is 6.42. The fourth-order valence-electron chi connectivity index (χ4n) is 3.06. The van der Waals surface area contributed by atoms with Crippen LogP contribution >= 0.6 is 0 Å². The first-order valence-electron chi connectivity index (χ1n) is 8.83. The number of amides is 4. The van der Waals surface area contributed by atoms with E-state index in [1.807, 2.05) is 0 Å². The molecule has 1 aliphatic rings. The summed E-state index contributed by atoms with van der Waals surface area (Å²) in [6.45, 7) is 0. The monoisotopic (exact) mass is 402 g/mol. The van der Waals surface area contributed by atoms with Crippen molar-refractivity contribution in [3.05, 3.63) is 94.3 Å². The van der Waals surface area contributed by atoms with Crippen LogP contribution in [0.2, 0.25) is 0 Å². The number of para-hydroxylation sites is 1. The van der Waals surface area contributed by atoms with Crippen LogP contribution in [0.5, 0.6) is 0 Å². The van der Waals surface area contributed by atoms with Gasteiger partial charge in [0.25, 0.3) is 17.5 Å². The van der Waals surface area contributed by atoms with Crippen LogP contribution in [0, 0.1) is 10.1 Å². The van der Waals surface area contributed by atoms with Crippen molar-refractivity contribution in [3.63, 3.8) is 0 Å². The number of urea groups is 1. The number of hydrogen-bond acceptors (Lipinski definition) is 5. The fourth-order valence-corrected chi connectivity index (χ4v) is 3.06. The highest BCUT2D eigenvalue weighted by Crippen LogP contribution is 2.23. The molecule has 0 bridgehead atoms. The number of carbonyl (C=O) groups excluding carboxylic acids is 3. The molecule has 0 saturated carbocycles. The first-order valence-corrected chi connectivity index (χ1v) is 8.83. The summed E-state index contributed by atoms with van der Waals surface area (Å²) in [6, 6.07) is 15.1. The van der Waals surface area contributed by atoms with Crippen molar-refractivity contribution in [2.24, 2.45) is 0 Å². The summed E-state index contributed by atoms with van der Waals surface area (Å²) in [5, 5.41) is 13.1. The largest absolute Gasteiger partial charge is 0.335 e. The number of nitrogens with one attached hydrogen (secondary N) is 1. The highest BCUT2D eigenvalue weighted by molar-refractivity contribution is 6.39. The van der Waals surface area contributed by atoms with E-state index in [9.17, 15) is 24.5 Å². The van der Waals surface area contributed by atoms with E-state index in [0.717, 1.165) is 4.90 Å². The Balaban J connectivity index is 1.67. The standard InChI is InChI=1S/C21H14N4O5/c26-19-18(20(27)24(21(28)22-19)15-5-2-1-3-6-15)11-14-9-10-23(13-14)16-7-4-8-17(12-16)25(29)30/h1-13H,(H,22,26,28). The van der Waals surface area contributed by atoms with E-state index in [4.69, 9.17) is 0 Å². The number of barbiturate groups is 1. The van der Waals surface area contributed by atoms with Crippen LogP contribution in [0.4, 0.5) is 16.2 Å². The normalized spacial score (nSPS) is 15.4. The topological polar surface area (TPSA) is 115 Å². The molecule has 1 aromatic heterocycles. The van der Waals surface area contributed by atoms with Gasteiger partial charge in [0.05, 0.1) is 16.3 Å². The van der Waals surface area contributed by atoms with Crippen molar-refractivity contribution in [1.82, 2.24) is 9.88 Å². The number of nitrogens with zero attached hydrogens (tertiary/aromatic N) is 3.